The first-order valence-electron chi connectivity index (χ1n) is 7.42. The molecule has 0 heterocycles. The van der Waals surface area contributed by atoms with Gasteiger partial charge in [-0.15, -0.1) is 0 Å². The van der Waals surface area contributed by atoms with Crippen molar-refractivity contribution in [3.63, 3.8) is 0 Å². The van der Waals surface area contributed by atoms with Gasteiger partial charge in [0.05, 0.1) is 19.1 Å². The molecule has 23 heavy (non-hydrogen) atoms. The maximum Gasteiger partial charge on any atom is 0.122 e. The monoisotopic (exact) mass is 321 g/mol. The molecule has 3 heteroatoms. The highest BCUT2D eigenvalue weighted by Crippen LogP contribution is 2.32. The molecule has 3 aromatic rings. The summed E-state index contributed by atoms with van der Waals surface area (Å²) in [6.07, 6.45) is 0.564. The average molecular weight is 322 g/mol. The number of halogens is 1. The summed E-state index contributed by atoms with van der Waals surface area (Å²) in [4.78, 5) is 0. The minimum absolute atomic E-state index is 0.256. The first-order chi connectivity index (χ1) is 11.2. The van der Waals surface area contributed by atoms with Crippen LogP contribution in [0.5, 0.6) is 5.75 Å². The first-order valence-corrected chi connectivity index (χ1v) is 7.80. The summed E-state index contributed by atoms with van der Waals surface area (Å²) in [5.41, 5.74) is 1.98. The number of hydrogen-bond acceptors (Lipinski definition) is 2. The molecular weight excluding hydrogens is 306 g/mol. The number of methoxy groups -OCH3 is 1. The van der Waals surface area contributed by atoms with Crippen LogP contribution in [0.3, 0.4) is 0 Å². The Hall–Kier alpha value is -2.50. The minimum atomic E-state index is -0.256. The molecular formula is C20H16ClNO. The van der Waals surface area contributed by atoms with Crippen molar-refractivity contribution < 1.29 is 4.74 Å². The number of hydrogen-bond donors (Lipinski definition) is 0. The van der Waals surface area contributed by atoms with Crippen LogP contribution in [0.15, 0.2) is 60.7 Å². The van der Waals surface area contributed by atoms with Crippen LogP contribution >= 0.6 is 11.6 Å². The smallest absolute Gasteiger partial charge is 0.122 e. The largest absolute Gasteiger partial charge is 0.496 e. The number of benzene rings is 3. The van der Waals surface area contributed by atoms with Gasteiger partial charge in [-0.1, -0.05) is 54.1 Å². The summed E-state index contributed by atoms with van der Waals surface area (Å²) in [5.74, 6) is 0.503. The van der Waals surface area contributed by atoms with Crippen LogP contribution in [0, 0.1) is 11.3 Å². The molecule has 0 saturated carbocycles. The lowest BCUT2D eigenvalue weighted by Crippen LogP contribution is -2.03. The molecule has 0 spiro atoms. The average Bonchev–Trinajstić information content (AvgIpc) is 2.59. The van der Waals surface area contributed by atoms with Gasteiger partial charge < -0.3 is 4.74 Å². The number of fused-ring (bicyclic) bond motifs is 1. The molecule has 0 radical (unpaired) electrons. The van der Waals surface area contributed by atoms with Gasteiger partial charge in [0.25, 0.3) is 0 Å². The molecule has 0 fully saturated rings. The maximum absolute atomic E-state index is 9.71. The minimum Gasteiger partial charge on any atom is -0.496 e. The van der Waals surface area contributed by atoms with Crippen LogP contribution in [0.2, 0.25) is 5.02 Å². The predicted molar refractivity (Wildman–Crippen MR) is 94.0 cm³/mol. The Kier molecular flexibility index (Phi) is 4.50. The lowest BCUT2D eigenvalue weighted by molar-refractivity contribution is 0.409. The normalized spacial score (nSPS) is 11.9. The van der Waals surface area contributed by atoms with E-state index in [9.17, 15) is 5.26 Å². The maximum atomic E-state index is 9.71. The van der Waals surface area contributed by atoms with Crippen LogP contribution < -0.4 is 4.74 Å². The fraction of sp³-hybridized carbons (Fsp3) is 0.150. The third-order valence-corrected chi connectivity index (χ3v) is 4.26. The topological polar surface area (TPSA) is 33.0 Å². The summed E-state index contributed by atoms with van der Waals surface area (Å²) < 4.78 is 5.40. The Morgan fingerprint density at radius 1 is 1.09 bits per heavy atom. The van der Waals surface area contributed by atoms with Crippen molar-refractivity contribution in [1.29, 1.82) is 5.26 Å². The van der Waals surface area contributed by atoms with Gasteiger partial charge in [0.15, 0.2) is 0 Å². The molecule has 0 aliphatic rings. The van der Waals surface area contributed by atoms with Gasteiger partial charge in [0.2, 0.25) is 0 Å². The zero-order valence-corrected chi connectivity index (χ0v) is 13.5. The lowest BCUT2D eigenvalue weighted by atomic mass is 9.89. The standard InChI is InChI=1S/C20H16ClNO/c1-23-20-10-9-17(21)12-15(20)11-16(13-22)19-8-4-6-14-5-2-3-7-18(14)19/h2-10,12,16H,11H2,1H3. The zero-order chi connectivity index (χ0) is 16.2. The van der Waals surface area contributed by atoms with Gasteiger partial charge in [-0.3, -0.25) is 0 Å². The number of nitrogens with zero attached hydrogens (tertiary/aromatic N) is 1. The fourth-order valence-corrected chi connectivity index (χ4v) is 3.10. The molecule has 0 amide bonds. The van der Waals surface area contributed by atoms with E-state index in [2.05, 4.69) is 24.3 Å². The van der Waals surface area contributed by atoms with E-state index in [0.29, 0.717) is 11.4 Å². The van der Waals surface area contributed by atoms with Gasteiger partial charge in [-0.25, -0.2) is 0 Å². The van der Waals surface area contributed by atoms with Gasteiger partial charge in [0, 0.05) is 5.02 Å². The number of rotatable bonds is 4. The van der Waals surface area contributed by atoms with Gasteiger partial charge in [0.1, 0.15) is 5.75 Å². The van der Waals surface area contributed by atoms with Crippen molar-refractivity contribution in [2.24, 2.45) is 0 Å². The van der Waals surface area contributed by atoms with Crippen molar-refractivity contribution in [2.75, 3.05) is 7.11 Å². The molecule has 2 nitrogen and oxygen atoms in total. The third kappa shape index (κ3) is 3.16. The molecule has 0 bridgehead atoms. The SMILES string of the molecule is COc1ccc(Cl)cc1CC(C#N)c1cccc2ccccc12. The molecule has 0 saturated heterocycles. The lowest BCUT2D eigenvalue weighted by Gasteiger charge is -2.15. The Morgan fingerprint density at radius 3 is 2.65 bits per heavy atom. The van der Waals surface area contributed by atoms with E-state index in [1.54, 1.807) is 13.2 Å². The van der Waals surface area contributed by atoms with E-state index in [-0.39, 0.29) is 5.92 Å². The van der Waals surface area contributed by atoms with Crippen LogP contribution in [0.1, 0.15) is 17.0 Å². The molecule has 114 valence electrons. The summed E-state index contributed by atoms with van der Waals surface area (Å²) in [6.45, 7) is 0. The number of nitriles is 1. The highest BCUT2D eigenvalue weighted by Gasteiger charge is 2.17. The summed E-state index contributed by atoms with van der Waals surface area (Å²) in [6, 6.07) is 22.2. The second-order valence-corrected chi connectivity index (χ2v) is 5.85. The molecule has 0 aromatic heterocycles. The van der Waals surface area contributed by atoms with Crippen LogP contribution in [0.25, 0.3) is 10.8 Å². The van der Waals surface area contributed by atoms with Crippen LogP contribution in [-0.4, -0.2) is 7.11 Å². The van der Waals surface area contributed by atoms with Gasteiger partial charge in [-0.2, -0.15) is 5.26 Å². The van der Waals surface area contributed by atoms with E-state index in [0.717, 1.165) is 27.6 Å². The van der Waals surface area contributed by atoms with Crippen molar-refractivity contribution in [3.05, 3.63) is 76.8 Å². The van der Waals surface area contributed by atoms with E-state index in [1.807, 2.05) is 36.4 Å². The van der Waals surface area contributed by atoms with E-state index in [1.165, 1.54) is 0 Å². The Labute approximate surface area is 140 Å². The van der Waals surface area contributed by atoms with Gasteiger partial charge >= 0.3 is 0 Å². The van der Waals surface area contributed by atoms with Crippen LogP contribution in [0.4, 0.5) is 0 Å². The third-order valence-electron chi connectivity index (χ3n) is 4.02. The van der Waals surface area contributed by atoms with Crippen molar-refractivity contribution in [3.8, 4) is 11.8 Å². The van der Waals surface area contributed by atoms with E-state index in [4.69, 9.17) is 16.3 Å². The predicted octanol–water partition coefficient (Wildman–Crippen LogP) is 5.35. The Bertz CT molecular complexity index is 877. The first kappa shape index (κ1) is 15.4. The molecule has 3 rings (SSSR count). The highest BCUT2D eigenvalue weighted by molar-refractivity contribution is 6.30. The Morgan fingerprint density at radius 2 is 1.87 bits per heavy atom. The highest BCUT2D eigenvalue weighted by atomic mass is 35.5. The molecule has 0 N–H and O–H groups in total. The van der Waals surface area contributed by atoms with Crippen molar-refractivity contribution >= 4 is 22.4 Å². The second kappa shape index (κ2) is 6.73. The fourth-order valence-electron chi connectivity index (χ4n) is 2.91. The Balaban J connectivity index is 2.04. The summed E-state index contributed by atoms with van der Waals surface area (Å²) in [7, 11) is 1.63. The molecule has 0 aliphatic carbocycles. The van der Waals surface area contributed by atoms with E-state index >= 15 is 0 Å². The van der Waals surface area contributed by atoms with E-state index < -0.39 is 0 Å². The number of ether oxygens (including phenoxy) is 1. The quantitative estimate of drug-likeness (QED) is 0.648. The molecule has 1 atom stereocenters. The van der Waals surface area contributed by atoms with Crippen LogP contribution in [-0.2, 0) is 6.42 Å². The molecule has 1 unspecified atom stereocenters. The van der Waals surface area contributed by atoms with Crippen molar-refractivity contribution in [1.82, 2.24) is 0 Å². The van der Waals surface area contributed by atoms with Gasteiger partial charge in [-0.05, 0) is 46.5 Å². The molecule has 3 aromatic carbocycles. The van der Waals surface area contributed by atoms with Crippen molar-refractivity contribution in [2.45, 2.75) is 12.3 Å². The summed E-state index contributed by atoms with van der Waals surface area (Å²) in [5, 5.41) is 12.6. The second-order valence-electron chi connectivity index (χ2n) is 5.41. The zero-order valence-electron chi connectivity index (χ0n) is 12.8. The summed E-state index contributed by atoms with van der Waals surface area (Å²) >= 11 is 6.10. The molecule has 0 aliphatic heterocycles.